The molecule has 0 spiro atoms. The quantitative estimate of drug-likeness (QED) is 0.645. The van der Waals surface area contributed by atoms with Gasteiger partial charge in [-0.05, 0) is 17.9 Å². The first-order valence-corrected chi connectivity index (χ1v) is 5.89. The van der Waals surface area contributed by atoms with Crippen LogP contribution in [0.5, 0.6) is 0 Å². The van der Waals surface area contributed by atoms with E-state index in [0.29, 0.717) is 24.9 Å². The molecule has 2 atom stereocenters. The van der Waals surface area contributed by atoms with Crippen LogP contribution in [0.3, 0.4) is 0 Å². The van der Waals surface area contributed by atoms with Crippen LogP contribution in [0.4, 0.5) is 5.88 Å². The van der Waals surface area contributed by atoms with Crippen LogP contribution in [0, 0.1) is 22.0 Å². The molecule has 19 heavy (non-hydrogen) atoms. The Hall–Kier alpha value is -1.60. The summed E-state index contributed by atoms with van der Waals surface area (Å²) in [4.78, 5) is 23.7. The number of hydrogen-bond donors (Lipinski definition) is 1. The number of nitrogens with one attached hydrogen (secondary N) is 1. The summed E-state index contributed by atoms with van der Waals surface area (Å²) in [6.07, 6.45) is 0. The van der Waals surface area contributed by atoms with Crippen molar-refractivity contribution in [3.05, 3.63) is 28.0 Å². The predicted molar refractivity (Wildman–Crippen MR) is 68.4 cm³/mol. The van der Waals surface area contributed by atoms with Crippen molar-refractivity contribution in [2.24, 2.45) is 11.8 Å². The van der Waals surface area contributed by atoms with Crippen molar-refractivity contribution >= 4 is 24.2 Å². The molecule has 1 aromatic heterocycles. The van der Waals surface area contributed by atoms with Crippen LogP contribution >= 0.6 is 12.4 Å². The highest BCUT2D eigenvalue weighted by molar-refractivity contribution is 5.92. The van der Waals surface area contributed by atoms with Crippen molar-refractivity contribution in [1.29, 1.82) is 0 Å². The van der Waals surface area contributed by atoms with Crippen LogP contribution in [-0.4, -0.2) is 41.9 Å². The van der Waals surface area contributed by atoms with Gasteiger partial charge in [0.1, 0.15) is 4.92 Å². The summed E-state index contributed by atoms with van der Waals surface area (Å²) in [5.74, 6) is 0.407. The van der Waals surface area contributed by atoms with Gasteiger partial charge in [0.25, 0.3) is 5.91 Å². The number of nitro groups is 1. The molecule has 0 aliphatic carbocycles. The normalized spacial score (nSPS) is 24.9. The van der Waals surface area contributed by atoms with Crippen LogP contribution in [-0.2, 0) is 0 Å². The molecule has 0 bridgehead atoms. The molecule has 8 heteroatoms. The average Bonchev–Trinajstić information content (AvgIpc) is 3.02. The SMILES string of the molecule is Cl.O=C(c1ccc([N+](=O)[O-])o1)N1C[C@H]2CNC[C@H]2C1. The summed E-state index contributed by atoms with van der Waals surface area (Å²) in [5.41, 5.74) is 0. The number of furan rings is 1. The van der Waals surface area contributed by atoms with Crippen LogP contribution in [0.15, 0.2) is 16.5 Å². The minimum atomic E-state index is -0.639. The zero-order chi connectivity index (χ0) is 12.7. The van der Waals surface area contributed by atoms with Crippen LogP contribution in [0.25, 0.3) is 0 Å². The number of hydrogen-bond acceptors (Lipinski definition) is 5. The zero-order valence-corrected chi connectivity index (χ0v) is 10.9. The monoisotopic (exact) mass is 287 g/mol. The first kappa shape index (κ1) is 13.8. The molecular formula is C11H14ClN3O4. The van der Waals surface area contributed by atoms with Crippen molar-refractivity contribution in [3.63, 3.8) is 0 Å². The van der Waals surface area contributed by atoms with Gasteiger partial charge < -0.3 is 14.6 Å². The fourth-order valence-corrected chi connectivity index (χ4v) is 2.72. The van der Waals surface area contributed by atoms with Gasteiger partial charge in [0.15, 0.2) is 5.76 Å². The number of fused-ring (bicyclic) bond motifs is 1. The maximum atomic E-state index is 12.1. The smallest absolute Gasteiger partial charge is 0.395 e. The third kappa shape index (κ3) is 2.43. The fourth-order valence-electron chi connectivity index (χ4n) is 2.72. The van der Waals surface area contributed by atoms with E-state index in [1.54, 1.807) is 4.90 Å². The minimum Gasteiger partial charge on any atom is -0.395 e. The van der Waals surface area contributed by atoms with Gasteiger partial charge in [-0.3, -0.25) is 14.9 Å². The summed E-state index contributed by atoms with van der Waals surface area (Å²) in [6, 6.07) is 2.58. The van der Waals surface area contributed by atoms with E-state index >= 15 is 0 Å². The van der Waals surface area contributed by atoms with Crippen molar-refractivity contribution < 1.29 is 14.1 Å². The Bertz CT molecular complexity index is 492. The molecular weight excluding hydrogens is 274 g/mol. The molecule has 3 heterocycles. The first-order valence-electron chi connectivity index (χ1n) is 5.89. The highest BCUT2D eigenvalue weighted by Gasteiger charge is 2.39. The number of rotatable bonds is 2. The summed E-state index contributed by atoms with van der Waals surface area (Å²) in [6.45, 7) is 3.27. The van der Waals surface area contributed by atoms with Crippen LogP contribution < -0.4 is 5.32 Å². The van der Waals surface area contributed by atoms with E-state index in [4.69, 9.17) is 4.42 Å². The highest BCUT2D eigenvalue weighted by Crippen LogP contribution is 2.28. The van der Waals surface area contributed by atoms with Gasteiger partial charge in [-0.15, -0.1) is 12.4 Å². The summed E-state index contributed by atoms with van der Waals surface area (Å²) >= 11 is 0. The lowest BCUT2D eigenvalue weighted by atomic mass is 10.0. The van der Waals surface area contributed by atoms with Gasteiger partial charge in [-0.25, -0.2) is 0 Å². The molecule has 0 unspecified atom stereocenters. The lowest BCUT2D eigenvalue weighted by molar-refractivity contribution is -0.402. The van der Waals surface area contributed by atoms with E-state index in [2.05, 4.69) is 5.32 Å². The van der Waals surface area contributed by atoms with Gasteiger partial charge >= 0.3 is 5.88 Å². The molecule has 7 nitrogen and oxygen atoms in total. The van der Waals surface area contributed by atoms with E-state index < -0.39 is 4.92 Å². The van der Waals surface area contributed by atoms with Crippen molar-refractivity contribution in [1.82, 2.24) is 10.2 Å². The number of amides is 1. The number of carbonyl (C=O) groups excluding carboxylic acids is 1. The molecule has 1 aromatic rings. The number of nitrogens with zero attached hydrogens (tertiary/aromatic N) is 2. The van der Waals surface area contributed by atoms with Gasteiger partial charge in [0.05, 0.1) is 6.07 Å². The standard InChI is InChI=1S/C11H13N3O4.ClH/c15-11(9-1-2-10(18-9)14(16)17)13-5-7-3-12-4-8(7)6-13;/h1-2,7-8,12H,3-6H2;1H/t7-,8+;. The topological polar surface area (TPSA) is 88.6 Å². The van der Waals surface area contributed by atoms with E-state index in [0.717, 1.165) is 13.1 Å². The molecule has 2 aliphatic rings. The van der Waals surface area contributed by atoms with Crippen molar-refractivity contribution in [2.45, 2.75) is 0 Å². The highest BCUT2D eigenvalue weighted by atomic mass is 35.5. The largest absolute Gasteiger partial charge is 0.433 e. The summed E-state index contributed by atoms with van der Waals surface area (Å²) in [5, 5.41) is 13.8. The number of carbonyl (C=O) groups is 1. The molecule has 0 radical (unpaired) electrons. The zero-order valence-electron chi connectivity index (χ0n) is 10.1. The Morgan fingerprint density at radius 1 is 1.37 bits per heavy atom. The van der Waals surface area contributed by atoms with E-state index in [-0.39, 0.29) is 30.0 Å². The molecule has 0 aromatic carbocycles. The van der Waals surface area contributed by atoms with Crippen molar-refractivity contribution in [3.8, 4) is 0 Å². The van der Waals surface area contributed by atoms with Gasteiger partial charge in [-0.2, -0.15) is 0 Å². The fraction of sp³-hybridized carbons (Fsp3) is 0.545. The number of halogens is 1. The number of likely N-dealkylation sites (tertiary alicyclic amines) is 1. The van der Waals surface area contributed by atoms with E-state index in [9.17, 15) is 14.9 Å². The summed E-state index contributed by atoms with van der Waals surface area (Å²) < 4.78 is 4.94. The maximum absolute atomic E-state index is 12.1. The Morgan fingerprint density at radius 3 is 2.53 bits per heavy atom. The molecule has 3 rings (SSSR count). The van der Waals surface area contributed by atoms with Gasteiger partial charge in [0, 0.05) is 26.2 Å². The minimum absolute atomic E-state index is 0. The van der Waals surface area contributed by atoms with Gasteiger partial charge in [-0.1, -0.05) is 0 Å². The van der Waals surface area contributed by atoms with Crippen LogP contribution in [0.1, 0.15) is 10.6 Å². The lowest BCUT2D eigenvalue weighted by Crippen LogP contribution is -2.31. The van der Waals surface area contributed by atoms with E-state index in [1.165, 1.54) is 12.1 Å². The second-order valence-electron chi connectivity index (χ2n) is 4.78. The molecule has 2 saturated heterocycles. The van der Waals surface area contributed by atoms with Crippen LogP contribution in [0.2, 0.25) is 0 Å². The Labute approximate surface area is 115 Å². The Morgan fingerprint density at radius 2 is 2.00 bits per heavy atom. The average molecular weight is 288 g/mol. The Kier molecular flexibility index (Phi) is 3.77. The van der Waals surface area contributed by atoms with Gasteiger partial charge in [0.2, 0.25) is 0 Å². The summed E-state index contributed by atoms with van der Waals surface area (Å²) in [7, 11) is 0. The Balaban J connectivity index is 0.00000133. The molecule has 2 fully saturated rings. The molecule has 104 valence electrons. The predicted octanol–water partition coefficient (Wildman–Crippen LogP) is 0.901. The lowest BCUT2D eigenvalue weighted by Gasteiger charge is -2.15. The third-order valence-corrected chi connectivity index (χ3v) is 3.66. The second-order valence-corrected chi connectivity index (χ2v) is 4.78. The second kappa shape index (κ2) is 5.18. The van der Waals surface area contributed by atoms with E-state index in [1.807, 2.05) is 0 Å². The molecule has 1 amide bonds. The maximum Gasteiger partial charge on any atom is 0.433 e. The molecule has 2 aliphatic heterocycles. The molecule has 1 N–H and O–H groups in total. The van der Waals surface area contributed by atoms with Crippen molar-refractivity contribution in [2.75, 3.05) is 26.2 Å². The molecule has 0 saturated carbocycles. The first-order chi connectivity index (χ1) is 8.65. The third-order valence-electron chi connectivity index (χ3n) is 3.66.